The highest BCUT2D eigenvalue weighted by Gasteiger charge is 2.20. The van der Waals surface area contributed by atoms with Crippen molar-refractivity contribution in [1.82, 2.24) is 29.3 Å². The molecule has 1 saturated heterocycles. The van der Waals surface area contributed by atoms with Crippen molar-refractivity contribution in [1.29, 1.82) is 0 Å². The van der Waals surface area contributed by atoms with Crippen LogP contribution in [0.15, 0.2) is 36.5 Å². The molecule has 0 unspecified atom stereocenters. The maximum atomic E-state index is 15.3. The van der Waals surface area contributed by atoms with Gasteiger partial charge in [-0.1, -0.05) is 13.0 Å². The highest BCUT2D eigenvalue weighted by molar-refractivity contribution is 5.84. The maximum absolute atomic E-state index is 15.3. The van der Waals surface area contributed by atoms with Crippen molar-refractivity contribution < 1.29 is 13.9 Å². The summed E-state index contributed by atoms with van der Waals surface area (Å²) in [5.74, 6) is 2.09. The van der Waals surface area contributed by atoms with E-state index in [9.17, 15) is 0 Å². The molecule has 4 aromatic rings. The van der Waals surface area contributed by atoms with Gasteiger partial charge in [0.15, 0.2) is 11.6 Å². The number of likely N-dealkylation sites (N-methyl/N-ethyl adjacent to an activating group) is 1. The van der Waals surface area contributed by atoms with Gasteiger partial charge in [0.1, 0.15) is 22.8 Å². The van der Waals surface area contributed by atoms with E-state index >= 15 is 4.39 Å². The van der Waals surface area contributed by atoms with Gasteiger partial charge in [-0.25, -0.2) is 19.3 Å². The van der Waals surface area contributed by atoms with Crippen LogP contribution in [0.4, 0.5) is 16.0 Å². The summed E-state index contributed by atoms with van der Waals surface area (Å²) < 4.78 is 29.3. The lowest BCUT2D eigenvalue weighted by Crippen LogP contribution is -2.45. The second-order valence-electron chi connectivity index (χ2n) is 10.9. The summed E-state index contributed by atoms with van der Waals surface area (Å²) in [5.41, 5.74) is 4.15. The van der Waals surface area contributed by atoms with Crippen LogP contribution in [-0.2, 0) is 6.54 Å². The number of fused-ring (bicyclic) bond motifs is 1. The van der Waals surface area contributed by atoms with Crippen LogP contribution in [0.1, 0.15) is 52.0 Å². The fraction of sp³-hybridized carbons (Fsp3) is 0.469. The topological polar surface area (TPSA) is 80.6 Å². The molecule has 0 atom stereocenters. The molecule has 0 spiro atoms. The van der Waals surface area contributed by atoms with E-state index in [0.717, 1.165) is 67.6 Å². The van der Waals surface area contributed by atoms with Crippen molar-refractivity contribution in [3.05, 3.63) is 53.7 Å². The van der Waals surface area contributed by atoms with E-state index in [-0.39, 0.29) is 6.04 Å². The first-order valence-electron chi connectivity index (χ1n) is 15.0. The van der Waals surface area contributed by atoms with Crippen LogP contribution < -0.4 is 14.8 Å². The predicted octanol–water partition coefficient (Wildman–Crippen LogP) is 6.20. The van der Waals surface area contributed by atoms with Gasteiger partial charge in [0.05, 0.1) is 24.9 Å². The van der Waals surface area contributed by atoms with Crippen molar-refractivity contribution in [3.63, 3.8) is 0 Å². The second-order valence-corrected chi connectivity index (χ2v) is 10.9. The van der Waals surface area contributed by atoms with Crippen molar-refractivity contribution in [2.45, 2.75) is 54.1 Å². The molecule has 1 aliphatic rings. The van der Waals surface area contributed by atoms with Crippen LogP contribution in [0.2, 0.25) is 0 Å². The van der Waals surface area contributed by atoms with Crippen LogP contribution >= 0.6 is 0 Å². The number of benzene rings is 2. The minimum atomic E-state index is -0.395. The first kappa shape index (κ1) is 29.7. The number of nitrogens with one attached hydrogen (secondary N) is 1. The SMILES string of the molecule is CCOc1cc(Nc2ncc(OCC)c(-c3cc(F)c4nc(C)n(C(C)C)c4c3)n2)ccc1CN1CCN(CC)CC1. The lowest BCUT2D eigenvalue weighted by Gasteiger charge is -2.34. The molecule has 9 nitrogen and oxygen atoms in total. The van der Waals surface area contributed by atoms with Gasteiger partial charge in [-0.05, 0) is 59.4 Å². The molecule has 2 aromatic carbocycles. The quantitative estimate of drug-likeness (QED) is 0.226. The summed E-state index contributed by atoms with van der Waals surface area (Å²) in [7, 11) is 0. The van der Waals surface area contributed by atoms with Crippen LogP contribution in [0.3, 0.4) is 0 Å². The monoisotopic (exact) mass is 575 g/mol. The zero-order valence-corrected chi connectivity index (χ0v) is 25.6. The Morgan fingerprint density at radius 2 is 1.64 bits per heavy atom. The lowest BCUT2D eigenvalue weighted by atomic mass is 10.1. The van der Waals surface area contributed by atoms with Crippen LogP contribution in [-0.4, -0.2) is 75.3 Å². The molecule has 3 heterocycles. The Bertz CT molecular complexity index is 1530. The largest absolute Gasteiger partial charge is 0.493 e. The minimum Gasteiger partial charge on any atom is -0.493 e. The number of aromatic nitrogens is 4. The fourth-order valence-corrected chi connectivity index (χ4v) is 5.64. The van der Waals surface area contributed by atoms with E-state index in [4.69, 9.17) is 14.5 Å². The molecule has 0 bridgehead atoms. The smallest absolute Gasteiger partial charge is 0.227 e. The number of ether oxygens (including phenoxy) is 2. The Kier molecular flexibility index (Phi) is 9.23. The summed E-state index contributed by atoms with van der Waals surface area (Å²) in [4.78, 5) is 18.7. The molecule has 2 aromatic heterocycles. The van der Waals surface area contributed by atoms with E-state index in [1.165, 1.54) is 6.07 Å². The molecule has 1 fully saturated rings. The summed E-state index contributed by atoms with van der Waals surface area (Å²) in [5, 5.41) is 3.32. The third-order valence-corrected chi connectivity index (χ3v) is 7.70. The number of piperazine rings is 1. The lowest BCUT2D eigenvalue weighted by molar-refractivity contribution is 0.131. The van der Waals surface area contributed by atoms with Gasteiger partial charge in [0.25, 0.3) is 0 Å². The zero-order valence-electron chi connectivity index (χ0n) is 25.6. The average Bonchev–Trinajstić information content (AvgIpc) is 3.32. The Labute approximate surface area is 247 Å². The minimum absolute atomic E-state index is 0.127. The van der Waals surface area contributed by atoms with Crippen molar-refractivity contribution in [2.24, 2.45) is 0 Å². The van der Waals surface area contributed by atoms with Gasteiger partial charge >= 0.3 is 0 Å². The number of hydrogen-bond acceptors (Lipinski definition) is 8. The Morgan fingerprint density at radius 3 is 2.33 bits per heavy atom. The van der Waals surface area contributed by atoms with Gasteiger partial charge in [-0.15, -0.1) is 0 Å². The molecular weight excluding hydrogens is 533 g/mol. The third-order valence-electron chi connectivity index (χ3n) is 7.70. The van der Waals surface area contributed by atoms with Crippen molar-refractivity contribution in [3.8, 4) is 22.8 Å². The summed E-state index contributed by atoms with van der Waals surface area (Å²) >= 11 is 0. The molecule has 5 rings (SSSR count). The zero-order chi connectivity index (χ0) is 29.8. The van der Waals surface area contributed by atoms with Gasteiger partial charge in [-0.3, -0.25) is 4.90 Å². The number of nitrogens with zero attached hydrogens (tertiary/aromatic N) is 6. The molecule has 1 aliphatic heterocycles. The molecule has 224 valence electrons. The highest BCUT2D eigenvalue weighted by Crippen LogP contribution is 2.34. The highest BCUT2D eigenvalue weighted by atomic mass is 19.1. The Morgan fingerprint density at radius 1 is 0.929 bits per heavy atom. The Hall–Kier alpha value is -3.76. The molecular formula is C32H42FN7O2. The second kappa shape index (κ2) is 13.0. The van der Waals surface area contributed by atoms with E-state index in [1.54, 1.807) is 6.20 Å². The summed E-state index contributed by atoms with van der Waals surface area (Å²) in [6.07, 6.45) is 1.63. The summed E-state index contributed by atoms with van der Waals surface area (Å²) in [6.45, 7) is 19.4. The number of hydrogen-bond donors (Lipinski definition) is 1. The molecule has 42 heavy (non-hydrogen) atoms. The van der Waals surface area contributed by atoms with Crippen molar-refractivity contribution in [2.75, 3.05) is 51.3 Å². The molecule has 1 N–H and O–H groups in total. The number of rotatable bonds is 11. The van der Waals surface area contributed by atoms with Crippen LogP contribution in [0.25, 0.3) is 22.3 Å². The van der Waals surface area contributed by atoms with E-state index in [0.29, 0.717) is 41.7 Å². The van der Waals surface area contributed by atoms with E-state index in [2.05, 4.69) is 51.9 Å². The van der Waals surface area contributed by atoms with Crippen molar-refractivity contribution >= 4 is 22.7 Å². The predicted molar refractivity (Wildman–Crippen MR) is 165 cm³/mol. The fourth-order valence-electron chi connectivity index (χ4n) is 5.64. The van der Waals surface area contributed by atoms with Gasteiger partial charge < -0.3 is 24.3 Å². The van der Waals surface area contributed by atoms with Gasteiger partial charge in [0, 0.05) is 61.6 Å². The Balaban J connectivity index is 1.44. The third kappa shape index (κ3) is 6.34. The molecule has 10 heteroatoms. The van der Waals surface area contributed by atoms with Gasteiger partial charge in [0.2, 0.25) is 5.95 Å². The molecule has 0 amide bonds. The standard InChI is InChI=1S/C32H42FN7O2/c1-7-38-12-14-39(15-13-38)20-23-10-11-25(18-28(23)41-8-2)36-32-34-19-29(42-9-3)30(37-32)24-16-26(33)31-27(17-24)40(21(4)5)22(6)35-31/h10-11,16-19,21H,7-9,12-15,20H2,1-6H3,(H,34,36,37). The summed E-state index contributed by atoms with van der Waals surface area (Å²) in [6, 6.07) is 9.65. The molecule has 0 saturated carbocycles. The first-order chi connectivity index (χ1) is 20.3. The number of imidazole rings is 1. The van der Waals surface area contributed by atoms with E-state index in [1.807, 2.05) is 43.5 Å². The number of halogens is 1. The van der Waals surface area contributed by atoms with Gasteiger partial charge in [-0.2, -0.15) is 0 Å². The van der Waals surface area contributed by atoms with Crippen LogP contribution in [0.5, 0.6) is 11.5 Å². The van der Waals surface area contributed by atoms with E-state index < -0.39 is 5.82 Å². The average molecular weight is 576 g/mol. The van der Waals surface area contributed by atoms with Crippen LogP contribution in [0, 0.1) is 12.7 Å². The molecule has 0 radical (unpaired) electrons. The number of aryl methyl sites for hydroxylation is 1. The maximum Gasteiger partial charge on any atom is 0.227 e. The first-order valence-corrected chi connectivity index (χ1v) is 15.0. The molecule has 0 aliphatic carbocycles. The number of anilines is 2. The normalized spacial score (nSPS) is 14.6.